The van der Waals surface area contributed by atoms with Crippen LogP contribution in [0.25, 0.3) is 11.1 Å². The largest absolute Gasteiger partial charge is 0.497 e. The van der Waals surface area contributed by atoms with Gasteiger partial charge in [-0.2, -0.15) is 0 Å². The summed E-state index contributed by atoms with van der Waals surface area (Å²) in [4.78, 5) is 38.3. The van der Waals surface area contributed by atoms with Crippen LogP contribution in [0.2, 0.25) is 0 Å². The normalized spacial score (nSPS) is 15.5. The van der Waals surface area contributed by atoms with Crippen molar-refractivity contribution < 1.29 is 19.1 Å². The molecule has 7 nitrogen and oxygen atoms in total. The maximum absolute atomic E-state index is 12.6. The highest BCUT2D eigenvalue weighted by Crippen LogP contribution is 2.25. The third kappa shape index (κ3) is 4.40. The number of benzene rings is 3. The number of carbonyl (C=O) groups excluding carboxylic acids is 3. The monoisotopic (exact) mass is 415 g/mol. The Morgan fingerprint density at radius 1 is 0.968 bits per heavy atom. The molecule has 3 aromatic carbocycles. The van der Waals surface area contributed by atoms with Gasteiger partial charge >= 0.3 is 6.03 Å². The van der Waals surface area contributed by atoms with Crippen LogP contribution >= 0.6 is 0 Å². The van der Waals surface area contributed by atoms with Gasteiger partial charge in [-0.25, -0.2) is 9.69 Å². The van der Waals surface area contributed by atoms with Gasteiger partial charge in [-0.05, 0) is 47.5 Å². The summed E-state index contributed by atoms with van der Waals surface area (Å²) in [5, 5.41) is 5.35. The Balaban J connectivity index is 1.39. The number of carbonyl (C=O) groups is 3. The summed E-state index contributed by atoms with van der Waals surface area (Å²) in [6.07, 6.45) is -0.147. The minimum Gasteiger partial charge on any atom is -0.497 e. The number of anilines is 2. The molecular weight excluding hydrogens is 394 g/mol. The molecule has 7 heteroatoms. The molecule has 0 aromatic heterocycles. The van der Waals surface area contributed by atoms with E-state index in [1.165, 1.54) is 0 Å². The van der Waals surface area contributed by atoms with Crippen LogP contribution in [0.4, 0.5) is 16.2 Å². The molecule has 0 saturated carbocycles. The van der Waals surface area contributed by atoms with Gasteiger partial charge in [-0.1, -0.05) is 42.5 Å². The molecule has 0 bridgehead atoms. The zero-order chi connectivity index (χ0) is 21.8. The quantitative estimate of drug-likeness (QED) is 0.599. The van der Waals surface area contributed by atoms with E-state index in [1.807, 2.05) is 36.4 Å². The summed E-state index contributed by atoms with van der Waals surface area (Å²) >= 11 is 0. The van der Waals surface area contributed by atoms with Crippen molar-refractivity contribution in [2.24, 2.45) is 0 Å². The van der Waals surface area contributed by atoms with Crippen molar-refractivity contribution >= 4 is 29.2 Å². The summed E-state index contributed by atoms with van der Waals surface area (Å²) in [5.41, 5.74) is 3.06. The van der Waals surface area contributed by atoms with E-state index >= 15 is 0 Å². The number of nitrogens with one attached hydrogen (secondary N) is 2. The molecule has 1 aliphatic heterocycles. The molecule has 0 radical (unpaired) electrons. The number of imide groups is 1. The van der Waals surface area contributed by atoms with Gasteiger partial charge in [-0.3, -0.25) is 9.59 Å². The predicted octanol–water partition coefficient (Wildman–Crippen LogP) is 3.82. The topological polar surface area (TPSA) is 87.7 Å². The molecule has 31 heavy (non-hydrogen) atoms. The lowest BCUT2D eigenvalue weighted by Crippen LogP contribution is -2.34. The zero-order valence-electron chi connectivity index (χ0n) is 16.9. The maximum Gasteiger partial charge on any atom is 0.329 e. The first kappa shape index (κ1) is 20.2. The van der Waals surface area contributed by atoms with E-state index in [2.05, 4.69) is 10.6 Å². The van der Waals surface area contributed by atoms with Gasteiger partial charge in [-0.15, -0.1) is 0 Å². The van der Waals surface area contributed by atoms with E-state index in [4.69, 9.17) is 4.74 Å². The van der Waals surface area contributed by atoms with E-state index in [-0.39, 0.29) is 12.3 Å². The van der Waals surface area contributed by atoms with Gasteiger partial charge < -0.3 is 15.4 Å². The number of hydrogen-bond acceptors (Lipinski definition) is 4. The smallest absolute Gasteiger partial charge is 0.329 e. The number of nitrogens with zero attached hydrogens (tertiary/aromatic N) is 1. The lowest BCUT2D eigenvalue weighted by molar-refractivity contribution is -0.122. The summed E-state index contributed by atoms with van der Waals surface area (Å²) in [6, 6.07) is 22.2. The molecule has 2 N–H and O–H groups in total. The third-order valence-corrected chi connectivity index (χ3v) is 4.99. The van der Waals surface area contributed by atoms with E-state index in [1.54, 1.807) is 49.6 Å². The fourth-order valence-electron chi connectivity index (χ4n) is 3.44. The van der Waals surface area contributed by atoms with E-state index < -0.39 is 18.0 Å². The molecule has 156 valence electrons. The van der Waals surface area contributed by atoms with Crippen LogP contribution in [0, 0.1) is 0 Å². The molecule has 1 saturated heterocycles. The molecule has 1 heterocycles. The standard InChI is InChI=1S/C24H21N3O4/c1-31-20-9-5-6-17(14-20)16-10-12-18(13-11-16)25-22(28)15-21-23(29)27(24(30)26-21)19-7-3-2-4-8-19/h2-14,21H,15H2,1H3,(H,25,28)(H,26,30)/t21-/m0/s1. The molecular formula is C24H21N3O4. The van der Waals surface area contributed by atoms with Crippen LogP contribution in [0.3, 0.4) is 0 Å². The highest BCUT2D eigenvalue weighted by Gasteiger charge is 2.39. The highest BCUT2D eigenvalue weighted by molar-refractivity contribution is 6.22. The molecule has 1 fully saturated rings. The predicted molar refractivity (Wildman–Crippen MR) is 118 cm³/mol. The van der Waals surface area contributed by atoms with Crippen molar-refractivity contribution in [1.29, 1.82) is 0 Å². The van der Waals surface area contributed by atoms with Gasteiger partial charge in [0.15, 0.2) is 0 Å². The number of hydrogen-bond donors (Lipinski definition) is 2. The summed E-state index contributed by atoms with van der Waals surface area (Å²) in [7, 11) is 1.62. The Morgan fingerprint density at radius 3 is 2.42 bits per heavy atom. The number of urea groups is 1. The first-order chi connectivity index (χ1) is 15.0. The van der Waals surface area contributed by atoms with Gasteiger partial charge in [0.1, 0.15) is 11.8 Å². The lowest BCUT2D eigenvalue weighted by atomic mass is 10.1. The summed E-state index contributed by atoms with van der Waals surface area (Å²) in [5.74, 6) is -0.0369. The van der Waals surface area contributed by atoms with Gasteiger partial charge in [0.05, 0.1) is 19.2 Å². The maximum atomic E-state index is 12.6. The van der Waals surface area contributed by atoms with Crippen LogP contribution in [0.5, 0.6) is 5.75 Å². The van der Waals surface area contributed by atoms with Gasteiger partial charge in [0.25, 0.3) is 5.91 Å². The average Bonchev–Trinajstić information content (AvgIpc) is 3.07. The molecule has 1 aliphatic rings. The second-order valence-electron chi connectivity index (χ2n) is 7.07. The van der Waals surface area contributed by atoms with Crippen LogP contribution in [-0.4, -0.2) is 31.0 Å². The Kier molecular flexibility index (Phi) is 5.66. The molecule has 4 rings (SSSR count). The van der Waals surface area contributed by atoms with Crippen LogP contribution in [0.15, 0.2) is 78.9 Å². The van der Waals surface area contributed by atoms with Crippen molar-refractivity contribution in [1.82, 2.24) is 5.32 Å². The first-order valence-corrected chi connectivity index (χ1v) is 9.79. The Hall–Kier alpha value is -4.13. The fraction of sp³-hybridized carbons (Fsp3) is 0.125. The van der Waals surface area contributed by atoms with E-state index in [9.17, 15) is 14.4 Å². The number of ether oxygens (including phenoxy) is 1. The SMILES string of the molecule is COc1cccc(-c2ccc(NC(=O)C[C@@H]3NC(=O)N(c4ccccc4)C3=O)cc2)c1. The van der Waals surface area contributed by atoms with Crippen LogP contribution < -0.4 is 20.3 Å². The number of amides is 4. The zero-order valence-corrected chi connectivity index (χ0v) is 16.9. The third-order valence-electron chi connectivity index (χ3n) is 4.99. The molecule has 4 amide bonds. The van der Waals surface area contributed by atoms with Gasteiger partial charge in [0, 0.05) is 5.69 Å². The van der Waals surface area contributed by atoms with Crippen molar-refractivity contribution in [2.45, 2.75) is 12.5 Å². The summed E-state index contributed by atoms with van der Waals surface area (Å²) in [6.45, 7) is 0. The van der Waals surface area contributed by atoms with Crippen molar-refractivity contribution in [3.8, 4) is 16.9 Å². The Morgan fingerprint density at radius 2 is 1.71 bits per heavy atom. The van der Waals surface area contributed by atoms with E-state index in [0.717, 1.165) is 21.8 Å². The number of methoxy groups -OCH3 is 1. The first-order valence-electron chi connectivity index (χ1n) is 9.79. The molecule has 0 spiro atoms. The van der Waals surface area contributed by atoms with E-state index in [0.29, 0.717) is 11.4 Å². The fourth-order valence-corrected chi connectivity index (χ4v) is 3.44. The molecule has 0 unspecified atom stereocenters. The highest BCUT2D eigenvalue weighted by atomic mass is 16.5. The Bertz CT molecular complexity index is 1110. The lowest BCUT2D eigenvalue weighted by Gasteiger charge is -2.13. The van der Waals surface area contributed by atoms with Crippen molar-refractivity contribution in [3.63, 3.8) is 0 Å². The van der Waals surface area contributed by atoms with Crippen LogP contribution in [0.1, 0.15) is 6.42 Å². The van der Waals surface area contributed by atoms with Crippen molar-refractivity contribution in [2.75, 3.05) is 17.3 Å². The Labute approximate surface area is 179 Å². The van der Waals surface area contributed by atoms with Gasteiger partial charge in [0.2, 0.25) is 5.91 Å². The molecule has 1 atom stereocenters. The van der Waals surface area contributed by atoms with Crippen molar-refractivity contribution in [3.05, 3.63) is 78.9 Å². The average molecular weight is 415 g/mol. The minimum atomic E-state index is -0.899. The second kappa shape index (κ2) is 8.71. The number of rotatable bonds is 6. The molecule has 0 aliphatic carbocycles. The van der Waals surface area contributed by atoms with Crippen LogP contribution in [-0.2, 0) is 9.59 Å². The minimum absolute atomic E-state index is 0.147. The summed E-state index contributed by atoms with van der Waals surface area (Å²) < 4.78 is 5.25. The number of para-hydroxylation sites is 1. The second-order valence-corrected chi connectivity index (χ2v) is 7.07. The molecule has 3 aromatic rings.